The van der Waals surface area contributed by atoms with Crippen molar-refractivity contribution >= 4 is 20.0 Å². The molecule has 0 heterocycles. The summed E-state index contributed by atoms with van der Waals surface area (Å²) in [5.41, 5.74) is 14.5. The van der Waals surface area contributed by atoms with Crippen molar-refractivity contribution in [1.82, 2.24) is 0 Å². The molecule has 0 saturated carbocycles. The first-order valence-electron chi connectivity index (χ1n) is 3.16. The lowest BCUT2D eigenvalue weighted by Crippen LogP contribution is -2.56. The number of carbonyl (C=O) groups is 1. The highest BCUT2D eigenvalue weighted by atomic mass is 31.1. The molecule has 10 heteroatoms. The van der Waals surface area contributed by atoms with Crippen LogP contribution in [0, 0.1) is 0 Å². The monoisotopic (exact) mass is 224 g/mol. The van der Waals surface area contributed by atoms with Gasteiger partial charge in [-0.15, -0.1) is 0 Å². The molecule has 3 unspecified atom stereocenters. The van der Waals surface area contributed by atoms with Crippen LogP contribution in [0.1, 0.15) is 0 Å². The quantitative estimate of drug-likeness (QED) is 0.184. The minimum absolute atomic E-state index is 0.676. The van der Waals surface area contributed by atoms with Crippen molar-refractivity contribution in [3.05, 3.63) is 0 Å². The number of nitrogens with zero attached hydrogens (tertiary/aromatic N) is 1. The molecule has 0 rings (SSSR count). The molecule has 0 aliphatic rings. The third-order valence-electron chi connectivity index (χ3n) is 1.31. The highest BCUT2D eigenvalue weighted by molar-refractivity contribution is 7.40. The zero-order valence-corrected chi connectivity index (χ0v) is 7.72. The summed E-state index contributed by atoms with van der Waals surface area (Å²) < 4.78 is 10.5. The van der Waals surface area contributed by atoms with Gasteiger partial charge in [0, 0.05) is 0 Å². The van der Waals surface area contributed by atoms with Crippen LogP contribution in [-0.2, 0) is 9.36 Å². The molecule has 3 atom stereocenters. The average molecular weight is 224 g/mol. The third-order valence-corrected chi connectivity index (χ3v) is 2.34. The van der Waals surface area contributed by atoms with Crippen LogP contribution in [-0.4, -0.2) is 33.6 Å². The Morgan fingerprint density at radius 2 is 2.00 bits per heavy atom. The molecular formula is C4H9N4O5P. The number of rotatable bonds is 4. The van der Waals surface area contributed by atoms with Crippen molar-refractivity contribution in [1.29, 1.82) is 0 Å². The number of aliphatic carboxylic acids is 1. The summed E-state index contributed by atoms with van der Waals surface area (Å²) in [7, 11) is -3.65. The fourth-order valence-electron chi connectivity index (χ4n) is 0.522. The number of carboxylic acid groups (broad SMARTS) is 1. The minimum atomic E-state index is -3.65. The normalized spacial score (nSPS) is 17.8. The van der Waals surface area contributed by atoms with E-state index in [4.69, 9.17) is 27.4 Å². The molecule has 8 N–H and O–H groups in total. The predicted octanol–water partition coefficient (Wildman–Crippen LogP) is -3.58. The van der Waals surface area contributed by atoms with Crippen molar-refractivity contribution in [3.8, 4) is 0 Å². The number of guanidine groups is 1. The van der Waals surface area contributed by atoms with Crippen LogP contribution in [0.25, 0.3) is 0 Å². The number of nitrogens with two attached hydrogens (primary N) is 3. The zero-order valence-electron chi connectivity index (χ0n) is 6.82. The van der Waals surface area contributed by atoms with Crippen LogP contribution in [0.5, 0.6) is 0 Å². The second-order valence-electron chi connectivity index (χ2n) is 2.32. The molecule has 0 radical (unpaired) electrons. The third kappa shape index (κ3) is 2.36. The van der Waals surface area contributed by atoms with Gasteiger partial charge in [0.1, 0.15) is 0 Å². The maximum Gasteiger partial charge on any atom is 0.379 e. The fraction of sp³-hybridized carbons (Fsp3) is 0.500. The van der Waals surface area contributed by atoms with E-state index in [2.05, 4.69) is 4.99 Å². The Balaban J connectivity index is 5.13. The molecule has 14 heavy (non-hydrogen) atoms. The van der Waals surface area contributed by atoms with Crippen LogP contribution in [0.3, 0.4) is 0 Å². The van der Waals surface area contributed by atoms with Gasteiger partial charge in [0.05, 0.1) is 0 Å². The lowest BCUT2D eigenvalue weighted by atomic mass is 10.3. The topological polar surface area (TPSA) is 188 Å². The van der Waals surface area contributed by atoms with Gasteiger partial charge in [-0.25, -0.2) is 9.79 Å². The molecule has 0 bridgehead atoms. The second kappa shape index (κ2) is 4.29. The van der Waals surface area contributed by atoms with Crippen LogP contribution in [0.15, 0.2) is 4.99 Å². The fourth-order valence-corrected chi connectivity index (χ4v) is 0.925. The van der Waals surface area contributed by atoms with E-state index in [1.54, 1.807) is 0 Å². The molecule has 0 aromatic carbocycles. The van der Waals surface area contributed by atoms with E-state index in [0.29, 0.717) is 0 Å². The summed E-state index contributed by atoms with van der Waals surface area (Å²) in [6.45, 7) is 0. The summed E-state index contributed by atoms with van der Waals surface area (Å²) >= 11 is 0. The Morgan fingerprint density at radius 3 is 2.21 bits per heavy atom. The lowest BCUT2D eigenvalue weighted by Gasteiger charge is -2.18. The molecule has 0 spiro atoms. The Labute approximate surface area is 79.1 Å². The SMILES string of the molecule is NC(N)=NC(O)C(N)(C(=O)O)[P+](=O)[O-]. The number of carboxylic acids is 1. The number of aliphatic hydroxyl groups is 1. The largest absolute Gasteiger partial charge is 0.593 e. The molecule has 0 aromatic rings. The van der Waals surface area contributed by atoms with Crippen molar-refractivity contribution < 1.29 is 24.5 Å². The van der Waals surface area contributed by atoms with Crippen molar-refractivity contribution in [2.24, 2.45) is 22.2 Å². The molecule has 0 aromatic heterocycles. The van der Waals surface area contributed by atoms with Gasteiger partial charge < -0.3 is 26.6 Å². The smallest absolute Gasteiger partial charge is 0.379 e. The van der Waals surface area contributed by atoms with Crippen LogP contribution in [0.4, 0.5) is 0 Å². The van der Waals surface area contributed by atoms with Gasteiger partial charge in [0.15, 0.2) is 5.96 Å². The van der Waals surface area contributed by atoms with Gasteiger partial charge in [-0.05, 0) is 0 Å². The molecule has 80 valence electrons. The van der Waals surface area contributed by atoms with Crippen molar-refractivity contribution in [2.45, 2.75) is 11.5 Å². The van der Waals surface area contributed by atoms with Gasteiger partial charge in [-0.2, -0.15) is 0 Å². The van der Waals surface area contributed by atoms with Crippen LogP contribution in [0.2, 0.25) is 0 Å². The molecule has 0 amide bonds. The molecule has 0 fully saturated rings. The molecule has 9 nitrogen and oxygen atoms in total. The molecular weight excluding hydrogens is 215 g/mol. The molecule has 0 saturated heterocycles. The minimum Gasteiger partial charge on any atom is -0.593 e. The van der Waals surface area contributed by atoms with Crippen LogP contribution >= 0.6 is 8.03 Å². The van der Waals surface area contributed by atoms with Crippen molar-refractivity contribution in [2.75, 3.05) is 0 Å². The first-order valence-corrected chi connectivity index (χ1v) is 4.34. The average Bonchev–Trinajstić information content (AvgIpc) is 2.00. The summed E-state index contributed by atoms with van der Waals surface area (Å²) in [6.07, 6.45) is -2.26. The maximum absolute atomic E-state index is 10.5. The highest BCUT2D eigenvalue weighted by Gasteiger charge is 2.55. The first kappa shape index (κ1) is 12.7. The summed E-state index contributed by atoms with van der Waals surface area (Å²) in [6, 6.07) is 0. The summed E-state index contributed by atoms with van der Waals surface area (Å²) in [4.78, 5) is 23.9. The molecule has 0 aliphatic heterocycles. The second-order valence-corrected chi connectivity index (χ2v) is 3.57. The standard InChI is InChI=1S/C4H9N4O5P/c5-3(6)8-1(9)4(7,2(10)11)14(12)13/h1,9H,7H2,(H,10,11)(H4,5,6,8). The Morgan fingerprint density at radius 1 is 1.57 bits per heavy atom. The highest BCUT2D eigenvalue weighted by Crippen LogP contribution is 2.30. The van der Waals surface area contributed by atoms with Gasteiger partial charge in [-0.3, -0.25) is 5.73 Å². The Bertz CT molecular complexity index is 273. The van der Waals surface area contributed by atoms with E-state index in [-0.39, 0.29) is 0 Å². The van der Waals surface area contributed by atoms with Gasteiger partial charge in [-0.1, -0.05) is 4.57 Å². The van der Waals surface area contributed by atoms with E-state index in [1.807, 2.05) is 0 Å². The number of aliphatic imine (C=N–C) groups is 1. The van der Waals surface area contributed by atoms with Gasteiger partial charge in [0.25, 0.3) is 0 Å². The van der Waals surface area contributed by atoms with E-state index in [1.165, 1.54) is 0 Å². The van der Waals surface area contributed by atoms with Crippen LogP contribution < -0.4 is 22.1 Å². The maximum atomic E-state index is 10.5. The predicted molar refractivity (Wildman–Crippen MR) is 44.0 cm³/mol. The first-order chi connectivity index (χ1) is 6.22. The number of hydrogen-bond donors (Lipinski definition) is 5. The number of aliphatic hydroxyl groups excluding tert-OH is 1. The number of hydrogen-bond acceptors (Lipinski definition) is 6. The zero-order chi connectivity index (χ0) is 11.5. The Hall–Kier alpha value is -1.28. The van der Waals surface area contributed by atoms with E-state index < -0.39 is 31.5 Å². The van der Waals surface area contributed by atoms with Gasteiger partial charge in [0.2, 0.25) is 6.23 Å². The lowest BCUT2D eigenvalue weighted by molar-refractivity contribution is -0.177. The summed E-state index contributed by atoms with van der Waals surface area (Å²) in [5, 5.41) is 14.6. The Kier molecular flexibility index (Phi) is 3.90. The van der Waals surface area contributed by atoms with E-state index in [0.717, 1.165) is 0 Å². The van der Waals surface area contributed by atoms with E-state index >= 15 is 0 Å². The van der Waals surface area contributed by atoms with E-state index in [9.17, 15) is 14.3 Å². The summed E-state index contributed by atoms with van der Waals surface area (Å²) in [5.74, 6) is -2.63. The van der Waals surface area contributed by atoms with Gasteiger partial charge >= 0.3 is 19.3 Å². The van der Waals surface area contributed by atoms with Crippen molar-refractivity contribution in [3.63, 3.8) is 0 Å². The molecule has 0 aliphatic carbocycles.